The molecule has 16 heavy (non-hydrogen) atoms. The van der Waals surface area contributed by atoms with Crippen molar-refractivity contribution in [2.24, 2.45) is 0 Å². The first-order chi connectivity index (χ1) is 7.47. The number of hydrogen-bond acceptors (Lipinski definition) is 2. The van der Waals surface area contributed by atoms with Gasteiger partial charge < -0.3 is 10.1 Å². The third kappa shape index (κ3) is 4.84. The fourth-order valence-corrected chi connectivity index (χ4v) is 2.65. The number of hydrogen-bond donors (Lipinski definition) is 1. The molecule has 0 aliphatic heterocycles. The SMILES string of the molecule is CCCNCC1(OC(C)(C)C)CCCCC1. The number of ether oxygens (including phenoxy) is 1. The van der Waals surface area contributed by atoms with Crippen LogP contribution in [0.4, 0.5) is 0 Å². The van der Waals surface area contributed by atoms with Gasteiger partial charge in [-0.15, -0.1) is 0 Å². The van der Waals surface area contributed by atoms with Gasteiger partial charge in [0.2, 0.25) is 0 Å². The Labute approximate surface area is 101 Å². The van der Waals surface area contributed by atoms with Gasteiger partial charge in [-0.1, -0.05) is 26.2 Å². The molecule has 1 saturated carbocycles. The van der Waals surface area contributed by atoms with E-state index in [-0.39, 0.29) is 11.2 Å². The van der Waals surface area contributed by atoms with Crippen LogP contribution in [0.2, 0.25) is 0 Å². The second kappa shape index (κ2) is 6.02. The highest BCUT2D eigenvalue weighted by molar-refractivity contribution is 4.89. The van der Waals surface area contributed by atoms with Crippen molar-refractivity contribution in [3.05, 3.63) is 0 Å². The molecule has 1 rings (SSSR count). The molecule has 1 aliphatic carbocycles. The van der Waals surface area contributed by atoms with Crippen LogP contribution in [0.25, 0.3) is 0 Å². The van der Waals surface area contributed by atoms with E-state index in [1.165, 1.54) is 38.5 Å². The first-order valence-corrected chi connectivity index (χ1v) is 6.88. The summed E-state index contributed by atoms with van der Waals surface area (Å²) < 4.78 is 6.35. The van der Waals surface area contributed by atoms with E-state index in [0.29, 0.717) is 0 Å². The third-order valence-corrected chi connectivity index (χ3v) is 3.16. The maximum Gasteiger partial charge on any atom is 0.0813 e. The Balaban J connectivity index is 2.53. The third-order valence-electron chi connectivity index (χ3n) is 3.16. The summed E-state index contributed by atoms with van der Waals surface area (Å²) in [5, 5.41) is 3.54. The van der Waals surface area contributed by atoms with Crippen LogP contribution in [-0.4, -0.2) is 24.3 Å². The molecule has 0 spiro atoms. The molecule has 96 valence electrons. The summed E-state index contributed by atoms with van der Waals surface area (Å²) in [5.41, 5.74) is 0.0803. The van der Waals surface area contributed by atoms with Crippen LogP contribution in [0.15, 0.2) is 0 Å². The molecule has 1 fully saturated rings. The van der Waals surface area contributed by atoms with Gasteiger partial charge in [-0.2, -0.15) is 0 Å². The van der Waals surface area contributed by atoms with Gasteiger partial charge in [0.15, 0.2) is 0 Å². The predicted octanol–water partition coefficient (Wildman–Crippen LogP) is 3.50. The Morgan fingerprint density at radius 1 is 1.12 bits per heavy atom. The van der Waals surface area contributed by atoms with Crippen LogP contribution in [0.1, 0.15) is 66.2 Å². The van der Waals surface area contributed by atoms with Crippen molar-refractivity contribution in [2.45, 2.75) is 77.4 Å². The minimum atomic E-state index is -0.0226. The summed E-state index contributed by atoms with van der Waals surface area (Å²) in [7, 11) is 0. The van der Waals surface area contributed by atoms with Gasteiger partial charge >= 0.3 is 0 Å². The second-order valence-electron chi connectivity index (χ2n) is 6.13. The molecule has 1 aliphatic rings. The lowest BCUT2D eigenvalue weighted by Crippen LogP contribution is -2.49. The van der Waals surface area contributed by atoms with Gasteiger partial charge in [0.1, 0.15) is 0 Å². The summed E-state index contributed by atoms with van der Waals surface area (Å²) in [4.78, 5) is 0. The predicted molar refractivity (Wildman–Crippen MR) is 69.8 cm³/mol. The van der Waals surface area contributed by atoms with Gasteiger partial charge in [-0.3, -0.25) is 0 Å². The quantitative estimate of drug-likeness (QED) is 0.726. The number of nitrogens with one attached hydrogen (secondary N) is 1. The topological polar surface area (TPSA) is 21.3 Å². The van der Waals surface area contributed by atoms with Crippen LogP contribution in [0.3, 0.4) is 0 Å². The van der Waals surface area contributed by atoms with Crippen LogP contribution in [-0.2, 0) is 4.74 Å². The molecule has 2 heteroatoms. The van der Waals surface area contributed by atoms with E-state index in [4.69, 9.17) is 4.74 Å². The van der Waals surface area contributed by atoms with E-state index in [2.05, 4.69) is 33.0 Å². The molecule has 0 aromatic heterocycles. The highest BCUT2D eigenvalue weighted by Crippen LogP contribution is 2.34. The zero-order valence-electron chi connectivity index (χ0n) is 11.6. The Hall–Kier alpha value is -0.0800. The van der Waals surface area contributed by atoms with Crippen molar-refractivity contribution in [2.75, 3.05) is 13.1 Å². The van der Waals surface area contributed by atoms with Crippen molar-refractivity contribution in [3.8, 4) is 0 Å². The van der Waals surface area contributed by atoms with Gasteiger partial charge in [0.05, 0.1) is 11.2 Å². The zero-order valence-corrected chi connectivity index (χ0v) is 11.6. The van der Waals surface area contributed by atoms with Gasteiger partial charge in [0.25, 0.3) is 0 Å². The molecular formula is C14H29NO. The Bertz CT molecular complexity index is 189. The molecule has 1 N–H and O–H groups in total. The molecule has 2 nitrogen and oxygen atoms in total. The van der Waals surface area contributed by atoms with Gasteiger partial charge in [0, 0.05) is 6.54 Å². The van der Waals surface area contributed by atoms with E-state index in [0.717, 1.165) is 13.1 Å². The maximum absolute atomic E-state index is 6.35. The molecule has 0 unspecified atom stereocenters. The normalized spacial score (nSPS) is 21.0. The smallest absolute Gasteiger partial charge is 0.0813 e. The molecule has 0 amide bonds. The minimum Gasteiger partial charge on any atom is -0.368 e. The van der Waals surface area contributed by atoms with E-state index in [1.807, 2.05) is 0 Å². The van der Waals surface area contributed by atoms with Crippen molar-refractivity contribution >= 4 is 0 Å². The lowest BCUT2D eigenvalue weighted by molar-refractivity contribution is -0.146. The van der Waals surface area contributed by atoms with Crippen LogP contribution in [0, 0.1) is 0 Å². The Morgan fingerprint density at radius 2 is 1.75 bits per heavy atom. The van der Waals surface area contributed by atoms with E-state index in [1.54, 1.807) is 0 Å². The molecule has 0 bridgehead atoms. The summed E-state index contributed by atoms with van der Waals surface area (Å²) in [6.45, 7) is 10.9. The van der Waals surface area contributed by atoms with E-state index >= 15 is 0 Å². The Morgan fingerprint density at radius 3 is 2.25 bits per heavy atom. The summed E-state index contributed by atoms with van der Waals surface area (Å²) >= 11 is 0. The average molecular weight is 227 g/mol. The molecule has 0 aromatic rings. The van der Waals surface area contributed by atoms with E-state index in [9.17, 15) is 0 Å². The monoisotopic (exact) mass is 227 g/mol. The fourth-order valence-electron chi connectivity index (χ4n) is 2.65. The molecule has 0 radical (unpaired) electrons. The molecule has 0 heterocycles. The highest BCUT2D eigenvalue weighted by Gasteiger charge is 2.36. The lowest BCUT2D eigenvalue weighted by atomic mass is 9.84. The van der Waals surface area contributed by atoms with Crippen LogP contribution >= 0.6 is 0 Å². The van der Waals surface area contributed by atoms with Gasteiger partial charge in [-0.05, 0) is 46.6 Å². The molecular weight excluding hydrogens is 198 g/mol. The summed E-state index contributed by atoms with van der Waals surface area (Å²) in [5.74, 6) is 0. The summed E-state index contributed by atoms with van der Waals surface area (Å²) in [6, 6.07) is 0. The first kappa shape index (κ1) is 14.0. The number of rotatable bonds is 5. The molecule has 0 aromatic carbocycles. The Kier molecular flexibility index (Phi) is 5.26. The standard InChI is InChI=1S/C14H29NO/c1-5-11-15-12-14(16-13(2,3)4)9-7-6-8-10-14/h15H,5-12H2,1-4H3. The van der Waals surface area contributed by atoms with Crippen molar-refractivity contribution in [1.29, 1.82) is 0 Å². The zero-order chi connectivity index (χ0) is 12.1. The van der Waals surface area contributed by atoms with Crippen LogP contribution in [0.5, 0.6) is 0 Å². The molecule has 0 atom stereocenters. The van der Waals surface area contributed by atoms with Crippen LogP contribution < -0.4 is 5.32 Å². The highest BCUT2D eigenvalue weighted by atomic mass is 16.5. The lowest BCUT2D eigenvalue weighted by Gasteiger charge is -2.42. The van der Waals surface area contributed by atoms with Crippen molar-refractivity contribution < 1.29 is 4.74 Å². The molecule has 0 saturated heterocycles. The van der Waals surface area contributed by atoms with Crippen molar-refractivity contribution in [3.63, 3.8) is 0 Å². The largest absolute Gasteiger partial charge is 0.368 e. The average Bonchev–Trinajstić information content (AvgIpc) is 2.16. The summed E-state index contributed by atoms with van der Waals surface area (Å²) in [6.07, 6.45) is 7.67. The second-order valence-corrected chi connectivity index (χ2v) is 6.13. The van der Waals surface area contributed by atoms with E-state index < -0.39 is 0 Å². The van der Waals surface area contributed by atoms with Gasteiger partial charge in [-0.25, -0.2) is 0 Å². The minimum absolute atomic E-state index is 0.0226. The van der Waals surface area contributed by atoms with Crippen molar-refractivity contribution in [1.82, 2.24) is 5.32 Å². The fraction of sp³-hybridized carbons (Fsp3) is 1.00. The maximum atomic E-state index is 6.35. The first-order valence-electron chi connectivity index (χ1n) is 6.88.